The van der Waals surface area contributed by atoms with E-state index in [0.29, 0.717) is 36.6 Å². The van der Waals surface area contributed by atoms with Gasteiger partial charge in [0.25, 0.3) is 5.91 Å². The zero-order valence-electron chi connectivity index (χ0n) is 17.9. The summed E-state index contributed by atoms with van der Waals surface area (Å²) in [6.07, 6.45) is -0.485. The molecule has 0 aromatic heterocycles. The van der Waals surface area contributed by atoms with Crippen LogP contribution >= 0.6 is 11.6 Å². The maximum atomic E-state index is 15.3. The Morgan fingerprint density at radius 2 is 1.91 bits per heavy atom. The molecular formula is C24H23ClFNO6. The van der Waals surface area contributed by atoms with E-state index in [0.717, 1.165) is 6.07 Å². The van der Waals surface area contributed by atoms with Crippen molar-refractivity contribution in [2.24, 2.45) is 5.92 Å². The van der Waals surface area contributed by atoms with Crippen molar-refractivity contribution in [2.75, 3.05) is 20.3 Å². The molecule has 2 aromatic carbocycles. The molecule has 2 heterocycles. The lowest BCUT2D eigenvalue weighted by Crippen LogP contribution is -2.34. The second-order valence-electron chi connectivity index (χ2n) is 8.14. The first-order valence-electron chi connectivity index (χ1n) is 10.6. The van der Waals surface area contributed by atoms with Gasteiger partial charge in [-0.25, -0.2) is 4.39 Å². The zero-order valence-corrected chi connectivity index (χ0v) is 18.7. The number of halogens is 2. The summed E-state index contributed by atoms with van der Waals surface area (Å²) in [6.45, 7) is 0.917. The molecule has 0 aliphatic carbocycles. The number of ether oxygens (including phenoxy) is 2. The fraction of sp³-hybridized carbons (Fsp3) is 0.375. The first kappa shape index (κ1) is 23.4. The fourth-order valence-electron chi connectivity index (χ4n) is 4.53. The summed E-state index contributed by atoms with van der Waals surface area (Å²) in [5.41, 5.74) is 0.630. The molecule has 0 radical (unpaired) electrons. The summed E-state index contributed by atoms with van der Waals surface area (Å²) in [5, 5.41) is 9.96. The van der Waals surface area contributed by atoms with E-state index in [1.54, 1.807) is 24.3 Å². The van der Waals surface area contributed by atoms with Crippen LogP contribution in [0.1, 0.15) is 63.4 Å². The van der Waals surface area contributed by atoms with Gasteiger partial charge in [-0.2, -0.15) is 0 Å². The molecule has 4 rings (SSSR count). The maximum Gasteiger partial charge on any atom is 0.305 e. The highest BCUT2D eigenvalue weighted by Crippen LogP contribution is 2.43. The molecule has 7 nitrogen and oxygen atoms in total. The van der Waals surface area contributed by atoms with E-state index in [-0.39, 0.29) is 28.4 Å². The lowest BCUT2D eigenvalue weighted by atomic mass is 9.89. The van der Waals surface area contributed by atoms with E-state index in [2.05, 4.69) is 0 Å². The Hall–Kier alpha value is -2.81. The van der Waals surface area contributed by atoms with Gasteiger partial charge in [0, 0.05) is 42.4 Å². The number of fused-ring (bicyclic) bond motifs is 1. The topological polar surface area (TPSA) is 93.1 Å². The predicted octanol–water partition coefficient (Wildman–Crippen LogP) is 4.41. The number of Topliss-reactive ketones (excluding diaryl/α,β-unsaturated/α-hetero) is 1. The van der Waals surface area contributed by atoms with Crippen molar-refractivity contribution in [2.45, 2.75) is 31.5 Å². The molecule has 174 valence electrons. The zero-order chi connectivity index (χ0) is 23.7. The van der Waals surface area contributed by atoms with Gasteiger partial charge in [0.1, 0.15) is 5.82 Å². The minimum Gasteiger partial charge on any atom is -0.481 e. The molecular weight excluding hydrogens is 453 g/mol. The number of amides is 1. The van der Waals surface area contributed by atoms with Crippen LogP contribution in [-0.2, 0) is 14.3 Å². The number of ketones is 1. The predicted molar refractivity (Wildman–Crippen MR) is 117 cm³/mol. The average Bonchev–Trinajstić information content (AvgIpc) is 3.10. The van der Waals surface area contributed by atoms with Gasteiger partial charge < -0.3 is 19.5 Å². The van der Waals surface area contributed by atoms with Crippen molar-refractivity contribution in [3.8, 4) is 0 Å². The molecule has 1 N–H and O–H groups in total. The fourth-order valence-corrected chi connectivity index (χ4v) is 4.66. The first-order chi connectivity index (χ1) is 15.8. The summed E-state index contributed by atoms with van der Waals surface area (Å²) >= 11 is 5.96. The normalized spacial score (nSPS) is 19.4. The molecule has 0 spiro atoms. The Morgan fingerprint density at radius 3 is 2.52 bits per heavy atom. The van der Waals surface area contributed by atoms with Crippen LogP contribution in [0.3, 0.4) is 0 Å². The van der Waals surface area contributed by atoms with Crippen molar-refractivity contribution in [3.05, 3.63) is 69.5 Å². The second kappa shape index (κ2) is 9.59. The first-order valence-corrected chi connectivity index (χ1v) is 11.0. The molecule has 2 atom stereocenters. The smallest absolute Gasteiger partial charge is 0.305 e. The molecule has 1 saturated heterocycles. The number of carbonyl (C=O) groups excluding carboxylic acids is 2. The number of rotatable bonds is 7. The third-order valence-electron chi connectivity index (χ3n) is 6.15. The van der Waals surface area contributed by atoms with Crippen LogP contribution in [0.4, 0.5) is 4.39 Å². The number of nitrogens with zero attached hydrogens (tertiary/aromatic N) is 1. The number of hydrogen-bond donors (Lipinski definition) is 1. The Kier molecular flexibility index (Phi) is 6.78. The summed E-state index contributed by atoms with van der Waals surface area (Å²) in [7, 11) is 1.32. The molecule has 1 unspecified atom stereocenters. The second-order valence-corrected chi connectivity index (χ2v) is 8.57. The van der Waals surface area contributed by atoms with E-state index in [4.69, 9.17) is 21.1 Å². The number of carboxylic acid groups (broad SMARTS) is 1. The Balaban J connectivity index is 1.74. The Bertz CT molecular complexity index is 1080. The van der Waals surface area contributed by atoms with Crippen LogP contribution in [0, 0.1) is 11.7 Å². The number of methoxy groups -OCH3 is 1. The quantitative estimate of drug-likeness (QED) is 0.596. The molecule has 9 heteroatoms. The van der Waals surface area contributed by atoms with Crippen molar-refractivity contribution >= 4 is 29.3 Å². The lowest BCUT2D eigenvalue weighted by molar-refractivity contribution is -0.139. The number of hydrogen-bond acceptors (Lipinski definition) is 5. The summed E-state index contributed by atoms with van der Waals surface area (Å²) in [4.78, 5) is 39.3. The van der Waals surface area contributed by atoms with Crippen LogP contribution in [0.5, 0.6) is 0 Å². The monoisotopic (exact) mass is 475 g/mol. The third-order valence-corrected chi connectivity index (χ3v) is 6.40. The minimum atomic E-state index is -1.14. The van der Waals surface area contributed by atoms with Gasteiger partial charge in [0.2, 0.25) is 0 Å². The number of benzene rings is 2. The van der Waals surface area contributed by atoms with E-state index in [1.165, 1.54) is 18.1 Å². The molecule has 1 fully saturated rings. The standard InChI is InChI=1S/C24H23ClFNO6/c1-32-24-21-17(10-15(11-18(21)26)22(30)14-6-8-33-9-7-14)23(31)27(24)19(12-20(28)29)13-2-4-16(25)5-3-13/h2-5,10-11,14,19,24H,6-9,12H2,1H3,(H,28,29)/t19-,24?/m0/s1. The summed E-state index contributed by atoms with van der Waals surface area (Å²) in [6, 6.07) is 8.01. The lowest BCUT2D eigenvalue weighted by Gasteiger charge is -2.32. The van der Waals surface area contributed by atoms with Gasteiger partial charge in [-0.3, -0.25) is 14.4 Å². The summed E-state index contributed by atoms with van der Waals surface area (Å²) < 4.78 is 26.0. The van der Waals surface area contributed by atoms with Crippen LogP contribution in [-0.4, -0.2) is 48.0 Å². The molecule has 2 aromatic rings. The van der Waals surface area contributed by atoms with E-state index < -0.39 is 36.4 Å². The molecule has 1 amide bonds. The average molecular weight is 476 g/mol. The Morgan fingerprint density at radius 1 is 1.24 bits per heavy atom. The largest absolute Gasteiger partial charge is 0.481 e. The summed E-state index contributed by atoms with van der Waals surface area (Å²) in [5.74, 6) is -3.00. The highest BCUT2D eigenvalue weighted by molar-refractivity contribution is 6.30. The van der Waals surface area contributed by atoms with Crippen LogP contribution in [0.2, 0.25) is 5.02 Å². The van der Waals surface area contributed by atoms with Crippen LogP contribution in [0.25, 0.3) is 0 Å². The molecule has 0 saturated carbocycles. The number of aliphatic carboxylic acids is 1. The Labute approximate surface area is 195 Å². The number of carboxylic acids is 1. The van der Waals surface area contributed by atoms with Gasteiger partial charge in [-0.05, 0) is 42.7 Å². The van der Waals surface area contributed by atoms with Gasteiger partial charge >= 0.3 is 5.97 Å². The minimum absolute atomic E-state index is 0.00149. The highest BCUT2D eigenvalue weighted by atomic mass is 35.5. The molecule has 0 bridgehead atoms. The van der Waals surface area contributed by atoms with Crippen molar-refractivity contribution in [1.29, 1.82) is 0 Å². The van der Waals surface area contributed by atoms with Gasteiger partial charge in [-0.1, -0.05) is 23.7 Å². The van der Waals surface area contributed by atoms with Gasteiger partial charge in [-0.15, -0.1) is 0 Å². The third kappa shape index (κ3) is 4.51. The van der Waals surface area contributed by atoms with Crippen LogP contribution < -0.4 is 0 Å². The SMILES string of the molecule is COC1c2c(F)cc(C(=O)C3CCOCC3)cc2C(=O)N1[C@@H](CC(=O)O)c1ccc(Cl)cc1. The van der Waals surface area contributed by atoms with Crippen LogP contribution in [0.15, 0.2) is 36.4 Å². The van der Waals surface area contributed by atoms with Crippen molar-refractivity contribution in [1.82, 2.24) is 4.90 Å². The van der Waals surface area contributed by atoms with Gasteiger partial charge in [0.05, 0.1) is 18.0 Å². The molecule has 33 heavy (non-hydrogen) atoms. The van der Waals surface area contributed by atoms with Crippen molar-refractivity contribution in [3.63, 3.8) is 0 Å². The molecule has 2 aliphatic rings. The molecule has 2 aliphatic heterocycles. The van der Waals surface area contributed by atoms with E-state index >= 15 is 4.39 Å². The van der Waals surface area contributed by atoms with E-state index in [9.17, 15) is 19.5 Å². The van der Waals surface area contributed by atoms with Crippen molar-refractivity contribution < 1.29 is 33.4 Å². The van der Waals surface area contributed by atoms with E-state index in [1.807, 2.05) is 0 Å². The van der Waals surface area contributed by atoms with Gasteiger partial charge in [0.15, 0.2) is 12.0 Å². The number of carbonyl (C=O) groups is 3. The maximum absolute atomic E-state index is 15.3. The highest BCUT2D eigenvalue weighted by Gasteiger charge is 2.44.